The molecule has 60 valence electrons. The van der Waals surface area contributed by atoms with Crippen LogP contribution < -0.4 is 0 Å². The molecule has 1 aliphatic rings. The minimum absolute atomic E-state index is 0.344. The van der Waals surface area contributed by atoms with E-state index in [0.29, 0.717) is 24.1 Å². The Bertz CT molecular complexity index is 230. The van der Waals surface area contributed by atoms with E-state index in [-0.39, 0.29) is 5.97 Å². The lowest BCUT2D eigenvalue weighted by Gasteiger charge is -1.95. The zero-order chi connectivity index (χ0) is 8.27. The molecule has 11 heavy (non-hydrogen) atoms. The standard InChI is InChI=1S/C7H9NO3/c1-11-7(9)5-2-3-6(4-5)8-10/h4,10H,2-3H2,1H3. The molecule has 1 aliphatic carbocycles. The van der Waals surface area contributed by atoms with Crippen LogP contribution in [0.15, 0.2) is 16.8 Å². The Kier molecular flexibility index (Phi) is 2.25. The summed E-state index contributed by atoms with van der Waals surface area (Å²) in [5, 5.41) is 11.3. The van der Waals surface area contributed by atoms with Gasteiger partial charge in [-0.3, -0.25) is 0 Å². The third kappa shape index (κ3) is 1.58. The van der Waals surface area contributed by atoms with Crippen molar-refractivity contribution >= 4 is 11.7 Å². The van der Waals surface area contributed by atoms with Crippen molar-refractivity contribution in [1.29, 1.82) is 0 Å². The Morgan fingerprint density at radius 1 is 1.73 bits per heavy atom. The van der Waals surface area contributed by atoms with Crippen LogP contribution >= 0.6 is 0 Å². The highest BCUT2D eigenvalue weighted by molar-refractivity contribution is 6.05. The van der Waals surface area contributed by atoms with E-state index in [9.17, 15) is 4.79 Å². The highest BCUT2D eigenvalue weighted by atomic mass is 16.5. The second-order valence-electron chi connectivity index (χ2n) is 2.25. The van der Waals surface area contributed by atoms with Gasteiger partial charge >= 0.3 is 5.97 Å². The average Bonchev–Trinajstić information content (AvgIpc) is 2.50. The van der Waals surface area contributed by atoms with Crippen molar-refractivity contribution in [2.75, 3.05) is 7.11 Å². The summed E-state index contributed by atoms with van der Waals surface area (Å²) in [5.41, 5.74) is 1.10. The first-order chi connectivity index (χ1) is 5.27. The molecule has 0 unspecified atom stereocenters. The van der Waals surface area contributed by atoms with E-state index in [4.69, 9.17) is 5.21 Å². The molecule has 4 heteroatoms. The molecule has 0 aliphatic heterocycles. The van der Waals surface area contributed by atoms with E-state index >= 15 is 0 Å². The molecule has 0 fully saturated rings. The number of carbonyl (C=O) groups is 1. The highest BCUT2D eigenvalue weighted by Gasteiger charge is 2.17. The van der Waals surface area contributed by atoms with Gasteiger partial charge in [0.25, 0.3) is 0 Å². The molecular formula is C7H9NO3. The summed E-state index contributed by atoms with van der Waals surface area (Å²) in [5.74, 6) is -0.344. The topological polar surface area (TPSA) is 58.9 Å². The third-order valence-electron chi connectivity index (χ3n) is 1.57. The van der Waals surface area contributed by atoms with E-state index in [2.05, 4.69) is 9.89 Å². The van der Waals surface area contributed by atoms with Gasteiger partial charge in [0.1, 0.15) is 0 Å². The Labute approximate surface area is 64.2 Å². The minimum atomic E-state index is -0.344. The largest absolute Gasteiger partial charge is 0.466 e. The van der Waals surface area contributed by atoms with Crippen molar-refractivity contribution in [3.8, 4) is 0 Å². The number of hydrogen-bond donors (Lipinski definition) is 1. The molecule has 0 spiro atoms. The summed E-state index contributed by atoms with van der Waals surface area (Å²) in [7, 11) is 1.33. The zero-order valence-corrected chi connectivity index (χ0v) is 6.20. The van der Waals surface area contributed by atoms with Gasteiger partial charge in [-0.1, -0.05) is 5.16 Å². The summed E-state index contributed by atoms with van der Waals surface area (Å²) in [4.78, 5) is 10.8. The molecule has 0 bridgehead atoms. The lowest BCUT2D eigenvalue weighted by atomic mass is 10.2. The predicted molar refractivity (Wildman–Crippen MR) is 38.6 cm³/mol. The fourth-order valence-corrected chi connectivity index (χ4v) is 0.979. The number of allylic oxidation sites excluding steroid dienone is 1. The average molecular weight is 155 g/mol. The summed E-state index contributed by atoms with van der Waals surface area (Å²) in [6.07, 6.45) is 2.76. The van der Waals surface area contributed by atoms with Crippen molar-refractivity contribution in [2.24, 2.45) is 5.16 Å². The first kappa shape index (κ1) is 7.78. The maximum Gasteiger partial charge on any atom is 0.333 e. The van der Waals surface area contributed by atoms with Crippen LogP contribution in [0.5, 0.6) is 0 Å². The summed E-state index contributed by atoms with van der Waals surface area (Å²) in [6.45, 7) is 0. The fourth-order valence-electron chi connectivity index (χ4n) is 0.979. The van der Waals surface area contributed by atoms with E-state index in [1.807, 2.05) is 0 Å². The predicted octanol–water partition coefficient (Wildman–Crippen LogP) is 0.710. The Hall–Kier alpha value is -1.32. The van der Waals surface area contributed by atoms with E-state index in [0.717, 1.165) is 0 Å². The molecule has 0 radical (unpaired) electrons. The van der Waals surface area contributed by atoms with Crippen molar-refractivity contribution < 1.29 is 14.7 Å². The molecule has 0 saturated carbocycles. The van der Waals surface area contributed by atoms with Gasteiger partial charge in [-0.2, -0.15) is 0 Å². The van der Waals surface area contributed by atoms with Gasteiger partial charge in [0.15, 0.2) is 0 Å². The molecule has 4 nitrogen and oxygen atoms in total. The summed E-state index contributed by atoms with van der Waals surface area (Å²) in [6, 6.07) is 0. The van der Waals surface area contributed by atoms with Crippen LogP contribution in [-0.2, 0) is 9.53 Å². The van der Waals surface area contributed by atoms with E-state index < -0.39 is 0 Å². The van der Waals surface area contributed by atoms with Crippen molar-refractivity contribution in [2.45, 2.75) is 12.8 Å². The Morgan fingerprint density at radius 3 is 2.91 bits per heavy atom. The second kappa shape index (κ2) is 3.18. The van der Waals surface area contributed by atoms with Crippen LogP contribution in [0.4, 0.5) is 0 Å². The van der Waals surface area contributed by atoms with E-state index in [1.54, 1.807) is 6.08 Å². The second-order valence-corrected chi connectivity index (χ2v) is 2.25. The van der Waals surface area contributed by atoms with Gasteiger partial charge in [0.05, 0.1) is 12.8 Å². The van der Waals surface area contributed by atoms with Crippen molar-refractivity contribution in [3.05, 3.63) is 11.6 Å². The number of rotatable bonds is 1. The number of carbonyl (C=O) groups excluding carboxylic acids is 1. The molecule has 0 aromatic rings. The van der Waals surface area contributed by atoms with Crippen molar-refractivity contribution in [3.63, 3.8) is 0 Å². The fraction of sp³-hybridized carbons (Fsp3) is 0.429. The number of oxime groups is 1. The van der Waals surface area contributed by atoms with Gasteiger partial charge in [-0.05, 0) is 18.9 Å². The molecule has 0 aromatic heterocycles. The zero-order valence-electron chi connectivity index (χ0n) is 6.20. The van der Waals surface area contributed by atoms with Crippen LogP contribution in [0.2, 0.25) is 0 Å². The molecule has 1 N–H and O–H groups in total. The van der Waals surface area contributed by atoms with Gasteiger partial charge in [-0.15, -0.1) is 0 Å². The smallest absolute Gasteiger partial charge is 0.333 e. The lowest BCUT2D eigenvalue weighted by Crippen LogP contribution is -2.01. The first-order valence-corrected chi connectivity index (χ1v) is 3.27. The summed E-state index contributed by atoms with van der Waals surface area (Å²) < 4.78 is 4.48. The summed E-state index contributed by atoms with van der Waals surface area (Å²) >= 11 is 0. The molecular weight excluding hydrogens is 146 g/mol. The minimum Gasteiger partial charge on any atom is -0.466 e. The molecule has 0 saturated heterocycles. The molecule has 1 rings (SSSR count). The molecule has 0 aromatic carbocycles. The van der Waals surface area contributed by atoms with Crippen molar-refractivity contribution in [1.82, 2.24) is 0 Å². The van der Waals surface area contributed by atoms with Gasteiger partial charge < -0.3 is 9.94 Å². The monoisotopic (exact) mass is 155 g/mol. The van der Waals surface area contributed by atoms with Crippen LogP contribution in [0.3, 0.4) is 0 Å². The normalized spacial score (nSPS) is 20.1. The van der Waals surface area contributed by atoms with E-state index in [1.165, 1.54) is 7.11 Å². The van der Waals surface area contributed by atoms with Gasteiger partial charge in [-0.25, -0.2) is 4.79 Å². The first-order valence-electron chi connectivity index (χ1n) is 3.27. The number of ether oxygens (including phenoxy) is 1. The Morgan fingerprint density at radius 2 is 2.45 bits per heavy atom. The SMILES string of the molecule is COC(=O)C1=CC(=NO)CC1. The molecule has 0 heterocycles. The van der Waals surface area contributed by atoms with Crippen LogP contribution in [0.1, 0.15) is 12.8 Å². The number of hydrogen-bond acceptors (Lipinski definition) is 4. The quantitative estimate of drug-likeness (QED) is 0.344. The lowest BCUT2D eigenvalue weighted by molar-refractivity contribution is -0.136. The number of esters is 1. The van der Waals surface area contributed by atoms with Gasteiger partial charge in [0, 0.05) is 5.57 Å². The number of nitrogens with zero attached hydrogens (tertiary/aromatic N) is 1. The highest BCUT2D eigenvalue weighted by Crippen LogP contribution is 2.16. The van der Waals surface area contributed by atoms with Crippen LogP contribution in [-0.4, -0.2) is 24.0 Å². The number of methoxy groups -OCH3 is 1. The Balaban J connectivity index is 2.70. The third-order valence-corrected chi connectivity index (χ3v) is 1.57. The molecule has 0 atom stereocenters. The maximum atomic E-state index is 10.8. The van der Waals surface area contributed by atoms with Gasteiger partial charge in [0.2, 0.25) is 0 Å². The van der Waals surface area contributed by atoms with Crippen LogP contribution in [0.25, 0.3) is 0 Å². The van der Waals surface area contributed by atoms with Crippen LogP contribution in [0, 0.1) is 0 Å². The maximum absolute atomic E-state index is 10.8. The molecule has 0 amide bonds.